The molecule has 0 aromatic rings. The van der Waals surface area contributed by atoms with Crippen molar-refractivity contribution in [1.29, 1.82) is 0 Å². The van der Waals surface area contributed by atoms with Crippen molar-refractivity contribution in [3.05, 3.63) is 0 Å². The van der Waals surface area contributed by atoms with E-state index in [0.717, 1.165) is 12.8 Å². The molecule has 0 saturated heterocycles. The molecule has 1 saturated carbocycles. The largest absolute Gasteiger partial charge is 0.393 e. The van der Waals surface area contributed by atoms with Crippen LogP contribution in [0.2, 0.25) is 0 Å². The van der Waals surface area contributed by atoms with Crippen molar-refractivity contribution in [3.63, 3.8) is 0 Å². The third-order valence-electron chi connectivity index (χ3n) is 2.14. The molecule has 1 aliphatic rings. The minimum Gasteiger partial charge on any atom is -0.393 e. The van der Waals surface area contributed by atoms with E-state index < -0.39 is 0 Å². The van der Waals surface area contributed by atoms with Gasteiger partial charge in [0.1, 0.15) is 0 Å². The van der Waals surface area contributed by atoms with Crippen LogP contribution in [0.5, 0.6) is 0 Å². The number of rotatable bonds is 1. The van der Waals surface area contributed by atoms with Gasteiger partial charge < -0.3 is 15.3 Å². The Kier molecular flexibility index (Phi) is 2.92. The van der Waals surface area contributed by atoms with Crippen LogP contribution in [0, 0.1) is 0 Å². The maximum Gasteiger partial charge on any atom is 0.317 e. The number of aliphatic hydroxyl groups is 1. The first kappa shape index (κ1) is 9.32. The summed E-state index contributed by atoms with van der Waals surface area (Å²) < 4.78 is 0. The lowest BCUT2D eigenvalue weighted by atomic mass is 10.2. The third-order valence-corrected chi connectivity index (χ3v) is 2.14. The number of urea groups is 1. The summed E-state index contributed by atoms with van der Waals surface area (Å²) in [5.74, 6) is 0. The predicted octanol–water partition coefficient (Wildman–Crippen LogP) is 0.171. The number of carbonyl (C=O) groups excluding carboxylic acids is 1. The fourth-order valence-corrected chi connectivity index (χ4v) is 1.39. The molecule has 4 nitrogen and oxygen atoms in total. The Labute approximate surface area is 72.6 Å². The second-order valence-electron chi connectivity index (χ2n) is 3.51. The maximum atomic E-state index is 11.1. The van der Waals surface area contributed by atoms with Gasteiger partial charge in [-0.15, -0.1) is 0 Å². The van der Waals surface area contributed by atoms with Gasteiger partial charge in [0.05, 0.1) is 6.10 Å². The Morgan fingerprint density at radius 2 is 2.17 bits per heavy atom. The lowest BCUT2D eigenvalue weighted by molar-refractivity contribution is 0.178. The molecule has 0 radical (unpaired) electrons. The predicted molar refractivity (Wildman–Crippen MR) is 45.9 cm³/mol. The van der Waals surface area contributed by atoms with Gasteiger partial charge >= 0.3 is 6.03 Å². The Balaban J connectivity index is 2.28. The molecule has 0 aliphatic heterocycles. The van der Waals surface area contributed by atoms with E-state index >= 15 is 0 Å². The molecule has 4 heteroatoms. The van der Waals surface area contributed by atoms with Gasteiger partial charge in [0.15, 0.2) is 0 Å². The van der Waals surface area contributed by atoms with E-state index in [1.165, 1.54) is 4.90 Å². The van der Waals surface area contributed by atoms with E-state index in [2.05, 4.69) is 5.32 Å². The molecule has 0 bridgehead atoms. The molecule has 2 N–H and O–H groups in total. The minimum atomic E-state index is -0.225. The first-order valence-corrected chi connectivity index (χ1v) is 4.25. The van der Waals surface area contributed by atoms with Crippen molar-refractivity contribution in [2.24, 2.45) is 0 Å². The first-order valence-electron chi connectivity index (χ1n) is 4.25. The minimum absolute atomic E-state index is 0.0749. The van der Waals surface area contributed by atoms with Gasteiger partial charge in [-0.25, -0.2) is 4.79 Å². The van der Waals surface area contributed by atoms with Crippen molar-refractivity contribution < 1.29 is 9.90 Å². The smallest absolute Gasteiger partial charge is 0.317 e. The van der Waals surface area contributed by atoms with E-state index in [-0.39, 0.29) is 18.2 Å². The number of amides is 2. The number of aliphatic hydroxyl groups excluding tert-OH is 1. The van der Waals surface area contributed by atoms with Gasteiger partial charge in [-0.1, -0.05) is 0 Å². The molecule has 0 unspecified atom stereocenters. The molecule has 1 rings (SSSR count). The van der Waals surface area contributed by atoms with Crippen LogP contribution in [0.25, 0.3) is 0 Å². The SMILES string of the molecule is CN(C)C(=O)N[C@H]1CC[C@@H](O)C1. The fraction of sp³-hybridized carbons (Fsp3) is 0.875. The molecule has 2 amide bonds. The van der Waals surface area contributed by atoms with Gasteiger partial charge in [-0.3, -0.25) is 0 Å². The second kappa shape index (κ2) is 3.76. The van der Waals surface area contributed by atoms with Gasteiger partial charge in [-0.05, 0) is 19.3 Å². The van der Waals surface area contributed by atoms with Crippen LogP contribution in [-0.2, 0) is 0 Å². The molecule has 0 heterocycles. The highest BCUT2D eigenvalue weighted by atomic mass is 16.3. The number of nitrogens with one attached hydrogen (secondary N) is 1. The summed E-state index contributed by atoms with van der Waals surface area (Å²) in [6.07, 6.45) is 2.16. The van der Waals surface area contributed by atoms with Crippen molar-refractivity contribution >= 4 is 6.03 Å². The first-order chi connectivity index (χ1) is 5.59. The van der Waals surface area contributed by atoms with Gasteiger partial charge in [0.2, 0.25) is 0 Å². The quantitative estimate of drug-likeness (QED) is 0.592. The highest BCUT2D eigenvalue weighted by Crippen LogP contribution is 2.18. The molecule has 12 heavy (non-hydrogen) atoms. The summed E-state index contributed by atoms with van der Waals surface area (Å²) in [4.78, 5) is 12.6. The number of hydrogen-bond donors (Lipinski definition) is 2. The molecular weight excluding hydrogens is 156 g/mol. The van der Waals surface area contributed by atoms with Crippen LogP contribution in [0.4, 0.5) is 4.79 Å². The van der Waals surface area contributed by atoms with E-state index in [9.17, 15) is 9.90 Å². The summed E-state index contributed by atoms with van der Waals surface area (Å²) in [6, 6.07) is 0.0870. The summed E-state index contributed by atoms with van der Waals surface area (Å²) in [5.41, 5.74) is 0. The Morgan fingerprint density at radius 1 is 1.50 bits per heavy atom. The summed E-state index contributed by atoms with van der Waals surface area (Å²) >= 11 is 0. The van der Waals surface area contributed by atoms with Crippen molar-refractivity contribution in [2.45, 2.75) is 31.4 Å². The molecule has 1 aliphatic carbocycles. The number of nitrogens with zero attached hydrogens (tertiary/aromatic N) is 1. The van der Waals surface area contributed by atoms with Gasteiger partial charge in [0.25, 0.3) is 0 Å². The zero-order valence-corrected chi connectivity index (χ0v) is 7.58. The van der Waals surface area contributed by atoms with E-state index in [4.69, 9.17) is 0 Å². The highest BCUT2D eigenvalue weighted by molar-refractivity contribution is 5.73. The van der Waals surface area contributed by atoms with Crippen LogP contribution in [0.15, 0.2) is 0 Å². The summed E-state index contributed by atoms with van der Waals surface area (Å²) in [5, 5.41) is 12.0. The lowest BCUT2D eigenvalue weighted by Crippen LogP contribution is -2.40. The van der Waals surface area contributed by atoms with Gasteiger partial charge in [0, 0.05) is 20.1 Å². The van der Waals surface area contributed by atoms with Gasteiger partial charge in [-0.2, -0.15) is 0 Å². The Morgan fingerprint density at radius 3 is 2.58 bits per heavy atom. The maximum absolute atomic E-state index is 11.1. The topological polar surface area (TPSA) is 52.6 Å². The monoisotopic (exact) mass is 172 g/mol. The van der Waals surface area contributed by atoms with Crippen molar-refractivity contribution in [3.8, 4) is 0 Å². The molecule has 1 fully saturated rings. The standard InChI is InChI=1S/C8H16N2O2/c1-10(2)8(12)9-6-3-4-7(11)5-6/h6-7,11H,3-5H2,1-2H3,(H,9,12)/t6-,7+/m0/s1. The zero-order chi connectivity index (χ0) is 9.14. The van der Waals surface area contributed by atoms with Crippen LogP contribution >= 0.6 is 0 Å². The number of hydrogen-bond acceptors (Lipinski definition) is 2. The van der Waals surface area contributed by atoms with Crippen LogP contribution < -0.4 is 5.32 Å². The molecule has 0 aromatic heterocycles. The molecule has 2 atom stereocenters. The molecule has 70 valence electrons. The normalized spacial score (nSPS) is 28.6. The molecular formula is C8H16N2O2. The summed E-state index contributed by atoms with van der Waals surface area (Å²) in [6.45, 7) is 0. The zero-order valence-electron chi connectivity index (χ0n) is 7.58. The van der Waals surface area contributed by atoms with Crippen LogP contribution in [0.3, 0.4) is 0 Å². The van der Waals surface area contributed by atoms with E-state index in [1.54, 1.807) is 14.1 Å². The van der Waals surface area contributed by atoms with Crippen molar-refractivity contribution in [1.82, 2.24) is 10.2 Å². The average Bonchev–Trinajstić information content (AvgIpc) is 2.35. The Hall–Kier alpha value is -0.770. The highest BCUT2D eigenvalue weighted by Gasteiger charge is 2.24. The number of carbonyl (C=O) groups is 1. The molecule has 0 aromatic carbocycles. The summed E-state index contributed by atoms with van der Waals surface area (Å²) in [7, 11) is 3.42. The van der Waals surface area contributed by atoms with Crippen LogP contribution in [-0.4, -0.2) is 42.3 Å². The average molecular weight is 172 g/mol. The van der Waals surface area contributed by atoms with E-state index in [1.807, 2.05) is 0 Å². The molecule has 0 spiro atoms. The van der Waals surface area contributed by atoms with Crippen molar-refractivity contribution in [2.75, 3.05) is 14.1 Å². The third kappa shape index (κ3) is 2.37. The Bertz CT molecular complexity index is 170. The van der Waals surface area contributed by atoms with E-state index in [0.29, 0.717) is 6.42 Å². The lowest BCUT2D eigenvalue weighted by Gasteiger charge is -2.16. The van der Waals surface area contributed by atoms with Crippen LogP contribution in [0.1, 0.15) is 19.3 Å². The second-order valence-corrected chi connectivity index (χ2v) is 3.51. The fourth-order valence-electron chi connectivity index (χ4n) is 1.39.